The summed E-state index contributed by atoms with van der Waals surface area (Å²) in [6.45, 7) is 2.13. The molecule has 0 spiro atoms. The lowest BCUT2D eigenvalue weighted by Crippen LogP contribution is -2.37. The van der Waals surface area contributed by atoms with Crippen LogP contribution in [-0.4, -0.2) is 35.7 Å². The molecule has 1 aliphatic heterocycles. The van der Waals surface area contributed by atoms with E-state index in [-0.39, 0.29) is 30.8 Å². The van der Waals surface area contributed by atoms with Crippen LogP contribution in [0.4, 0.5) is 5.69 Å². The first-order valence-electron chi connectivity index (χ1n) is 8.22. The molecule has 134 valence electrons. The molecule has 2 aromatic rings. The van der Waals surface area contributed by atoms with Crippen molar-refractivity contribution in [2.75, 3.05) is 4.90 Å². The molecule has 8 heteroatoms. The highest BCUT2D eigenvalue weighted by atomic mass is 16.2. The fourth-order valence-electron chi connectivity index (χ4n) is 3.27. The standard InChI is InChI=1S/C18H18N4O4/c1-11(5-6-16(25)21-10-24)22-15-8-20-14(7-19-9-23)12-3-2-4-13(17(12)15)18(22)26/h2-4,8-11H,5-7H2,1H3,(H,19,23)(H,21,24,25). The monoisotopic (exact) mass is 354 g/mol. The van der Waals surface area contributed by atoms with Crippen molar-refractivity contribution in [1.29, 1.82) is 0 Å². The van der Waals surface area contributed by atoms with Crippen LogP contribution in [0.3, 0.4) is 0 Å². The molecule has 0 aliphatic carbocycles. The van der Waals surface area contributed by atoms with Gasteiger partial charge in [-0.25, -0.2) is 0 Å². The zero-order chi connectivity index (χ0) is 18.7. The number of nitrogens with zero attached hydrogens (tertiary/aromatic N) is 2. The predicted molar refractivity (Wildman–Crippen MR) is 94.4 cm³/mol. The molecule has 1 aromatic carbocycles. The van der Waals surface area contributed by atoms with E-state index < -0.39 is 0 Å². The third kappa shape index (κ3) is 3.01. The van der Waals surface area contributed by atoms with Crippen molar-refractivity contribution in [2.45, 2.75) is 32.4 Å². The predicted octanol–water partition coefficient (Wildman–Crippen LogP) is 0.882. The van der Waals surface area contributed by atoms with E-state index in [0.717, 1.165) is 10.8 Å². The topological polar surface area (TPSA) is 108 Å². The molecule has 4 amide bonds. The fraction of sp³-hybridized carbons (Fsp3) is 0.278. The number of aromatic nitrogens is 1. The van der Waals surface area contributed by atoms with Gasteiger partial charge in [-0.3, -0.25) is 29.5 Å². The molecule has 1 unspecified atom stereocenters. The molecule has 0 saturated heterocycles. The number of hydrogen-bond donors (Lipinski definition) is 2. The Balaban J connectivity index is 1.93. The summed E-state index contributed by atoms with van der Waals surface area (Å²) in [5.41, 5.74) is 1.96. The highest BCUT2D eigenvalue weighted by Gasteiger charge is 2.34. The van der Waals surface area contributed by atoms with E-state index in [1.54, 1.807) is 23.2 Å². The van der Waals surface area contributed by atoms with Gasteiger partial charge in [0.1, 0.15) is 0 Å². The summed E-state index contributed by atoms with van der Waals surface area (Å²) in [7, 11) is 0. The zero-order valence-electron chi connectivity index (χ0n) is 14.2. The Morgan fingerprint density at radius 2 is 2.12 bits per heavy atom. The fourth-order valence-corrected chi connectivity index (χ4v) is 3.27. The number of pyridine rings is 1. The molecule has 1 aromatic heterocycles. The molecule has 2 heterocycles. The van der Waals surface area contributed by atoms with Crippen molar-refractivity contribution in [3.05, 3.63) is 35.7 Å². The number of amides is 4. The van der Waals surface area contributed by atoms with Gasteiger partial charge >= 0.3 is 0 Å². The highest BCUT2D eigenvalue weighted by molar-refractivity contribution is 6.25. The first kappa shape index (κ1) is 17.5. The molecule has 1 aliphatic rings. The Morgan fingerprint density at radius 1 is 1.31 bits per heavy atom. The van der Waals surface area contributed by atoms with Crippen LogP contribution in [-0.2, 0) is 20.9 Å². The Morgan fingerprint density at radius 3 is 2.85 bits per heavy atom. The van der Waals surface area contributed by atoms with E-state index in [0.29, 0.717) is 36.2 Å². The van der Waals surface area contributed by atoms with E-state index in [1.165, 1.54) is 0 Å². The summed E-state index contributed by atoms with van der Waals surface area (Å²) >= 11 is 0. The van der Waals surface area contributed by atoms with Crippen molar-refractivity contribution in [3.63, 3.8) is 0 Å². The first-order chi connectivity index (χ1) is 12.6. The second-order valence-corrected chi connectivity index (χ2v) is 6.07. The van der Waals surface area contributed by atoms with Gasteiger partial charge in [-0.15, -0.1) is 0 Å². The Hall–Kier alpha value is -3.29. The maximum Gasteiger partial charge on any atom is 0.259 e. The quantitative estimate of drug-likeness (QED) is 0.684. The lowest BCUT2D eigenvalue weighted by molar-refractivity contribution is -0.125. The minimum absolute atomic E-state index is 0.137. The van der Waals surface area contributed by atoms with Crippen molar-refractivity contribution >= 4 is 41.1 Å². The summed E-state index contributed by atoms with van der Waals surface area (Å²) in [5, 5.41) is 6.31. The number of carbonyl (C=O) groups excluding carboxylic acids is 4. The number of hydrogen-bond acceptors (Lipinski definition) is 5. The SMILES string of the molecule is CC(CCC(=O)NC=O)N1C(=O)c2cccc3c(CNC=O)ncc1c23. The van der Waals surface area contributed by atoms with E-state index >= 15 is 0 Å². The molecule has 3 rings (SSSR count). The van der Waals surface area contributed by atoms with Gasteiger partial charge in [0.15, 0.2) is 0 Å². The van der Waals surface area contributed by atoms with Gasteiger partial charge in [-0.05, 0) is 19.4 Å². The number of carbonyl (C=O) groups is 4. The minimum atomic E-state index is -0.380. The van der Waals surface area contributed by atoms with Gasteiger partial charge in [0.2, 0.25) is 18.7 Å². The van der Waals surface area contributed by atoms with E-state index in [4.69, 9.17) is 0 Å². The Labute approximate surface area is 149 Å². The Bertz CT molecular complexity index is 896. The molecule has 8 nitrogen and oxygen atoms in total. The molecule has 26 heavy (non-hydrogen) atoms. The molecular formula is C18H18N4O4. The number of benzene rings is 1. The van der Waals surface area contributed by atoms with Crippen LogP contribution in [0.5, 0.6) is 0 Å². The minimum Gasteiger partial charge on any atom is -0.353 e. The average Bonchev–Trinajstić information content (AvgIpc) is 2.93. The summed E-state index contributed by atoms with van der Waals surface area (Å²) in [4.78, 5) is 51.3. The number of imide groups is 1. The van der Waals surface area contributed by atoms with Gasteiger partial charge in [0, 0.05) is 28.8 Å². The number of nitrogens with one attached hydrogen (secondary N) is 2. The highest BCUT2D eigenvalue weighted by Crippen LogP contribution is 2.39. The summed E-state index contributed by atoms with van der Waals surface area (Å²) in [5.74, 6) is -0.522. The van der Waals surface area contributed by atoms with Gasteiger partial charge in [-0.2, -0.15) is 0 Å². The largest absolute Gasteiger partial charge is 0.353 e. The molecule has 0 bridgehead atoms. The summed E-state index contributed by atoms with van der Waals surface area (Å²) < 4.78 is 0. The number of anilines is 1. The molecule has 0 radical (unpaired) electrons. The molecule has 1 atom stereocenters. The zero-order valence-corrected chi connectivity index (χ0v) is 14.2. The van der Waals surface area contributed by atoms with Crippen molar-refractivity contribution in [1.82, 2.24) is 15.6 Å². The van der Waals surface area contributed by atoms with E-state index in [9.17, 15) is 19.2 Å². The van der Waals surface area contributed by atoms with Gasteiger partial charge in [-0.1, -0.05) is 12.1 Å². The summed E-state index contributed by atoms with van der Waals surface area (Å²) in [6.07, 6.45) is 3.13. The normalized spacial score (nSPS) is 13.6. The van der Waals surface area contributed by atoms with E-state index in [1.807, 2.05) is 13.0 Å². The number of rotatable bonds is 8. The Kier molecular flexibility index (Phi) is 4.92. The molecule has 2 N–H and O–H groups in total. The summed E-state index contributed by atoms with van der Waals surface area (Å²) in [6, 6.07) is 5.18. The maximum absolute atomic E-state index is 12.9. The molecular weight excluding hydrogens is 336 g/mol. The van der Waals surface area contributed by atoms with Crippen LogP contribution >= 0.6 is 0 Å². The van der Waals surface area contributed by atoms with Crippen LogP contribution in [0.25, 0.3) is 10.8 Å². The second kappa shape index (κ2) is 7.30. The molecule has 0 fully saturated rings. The van der Waals surface area contributed by atoms with Crippen LogP contribution in [0, 0.1) is 0 Å². The van der Waals surface area contributed by atoms with Crippen molar-refractivity contribution < 1.29 is 19.2 Å². The average molecular weight is 354 g/mol. The maximum atomic E-state index is 12.9. The van der Waals surface area contributed by atoms with E-state index in [2.05, 4.69) is 15.6 Å². The van der Waals surface area contributed by atoms with Crippen LogP contribution in [0.1, 0.15) is 35.8 Å². The van der Waals surface area contributed by atoms with Gasteiger partial charge < -0.3 is 10.2 Å². The smallest absolute Gasteiger partial charge is 0.259 e. The van der Waals surface area contributed by atoms with Crippen molar-refractivity contribution in [2.24, 2.45) is 0 Å². The third-order valence-corrected chi connectivity index (χ3v) is 4.49. The van der Waals surface area contributed by atoms with Crippen LogP contribution < -0.4 is 15.5 Å². The lowest BCUT2D eigenvalue weighted by atomic mass is 10.0. The third-order valence-electron chi connectivity index (χ3n) is 4.49. The lowest BCUT2D eigenvalue weighted by Gasteiger charge is -2.25. The van der Waals surface area contributed by atoms with Crippen molar-refractivity contribution in [3.8, 4) is 0 Å². The second-order valence-electron chi connectivity index (χ2n) is 6.07. The van der Waals surface area contributed by atoms with Crippen LogP contribution in [0.15, 0.2) is 24.4 Å². The van der Waals surface area contributed by atoms with Gasteiger partial charge in [0.05, 0.1) is 24.1 Å². The molecule has 0 saturated carbocycles. The van der Waals surface area contributed by atoms with Gasteiger partial charge in [0.25, 0.3) is 5.91 Å². The van der Waals surface area contributed by atoms with Crippen LogP contribution in [0.2, 0.25) is 0 Å². The first-order valence-corrected chi connectivity index (χ1v) is 8.22.